The van der Waals surface area contributed by atoms with Crippen LogP contribution >= 0.6 is 0 Å². The van der Waals surface area contributed by atoms with Crippen molar-refractivity contribution in [2.75, 3.05) is 6.61 Å². The number of aliphatic hydroxyl groups is 2. The Morgan fingerprint density at radius 1 is 0.706 bits per heavy atom. The van der Waals surface area contributed by atoms with Crippen LogP contribution < -0.4 is 5.32 Å². The lowest BCUT2D eigenvalue weighted by atomic mass is 10.1. The van der Waals surface area contributed by atoms with Crippen LogP contribution in [0.25, 0.3) is 0 Å². The molecule has 0 heterocycles. The van der Waals surface area contributed by atoms with Crippen molar-refractivity contribution in [3.8, 4) is 0 Å². The Kier molecular flexibility index (Phi) is 23.4. The summed E-state index contributed by atoms with van der Waals surface area (Å²) >= 11 is 0. The summed E-state index contributed by atoms with van der Waals surface area (Å²) in [4.78, 5) is 12.0. The van der Waals surface area contributed by atoms with Crippen molar-refractivity contribution in [1.29, 1.82) is 0 Å². The van der Waals surface area contributed by atoms with Gasteiger partial charge in [-0.3, -0.25) is 4.79 Å². The molecular weight excluding hydrogens is 422 g/mol. The molecule has 3 N–H and O–H groups in total. The van der Waals surface area contributed by atoms with Gasteiger partial charge < -0.3 is 15.5 Å². The summed E-state index contributed by atoms with van der Waals surface area (Å²) in [5.74, 6) is -0.165. The van der Waals surface area contributed by atoms with Gasteiger partial charge in [0.2, 0.25) is 5.91 Å². The summed E-state index contributed by atoms with van der Waals surface area (Å²) in [6.07, 6.45) is 37.1. The molecule has 4 heteroatoms. The number of hydrogen-bond donors (Lipinski definition) is 3. The number of amides is 1. The van der Waals surface area contributed by atoms with E-state index in [0.29, 0.717) is 12.8 Å². The van der Waals surface area contributed by atoms with Gasteiger partial charge in [0.25, 0.3) is 0 Å². The molecule has 4 nitrogen and oxygen atoms in total. The summed E-state index contributed by atoms with van der Waals surface area (Å²) in [6.45, 7) is 3.91. The third kappa shape index (κ3) is 21.4. The summed E-state index contributed by atoms with van der Waals surface area (Å²) < 4.78 is 0. The van der Waals surface area contributed by atoms with Gasteiger partial charge in [-0.25, -0.2) is 0 Å². The van der Waals surface area contributed by atoms with Gasteiger partial charge in [-0.2, -0.15) is 0 Å². The number of carbonyl (C=O) groups is 1. The van der Waals surface area contributed by atoms with Gasteiger partial charge in [0, 0.05) is 6.42 Å². The van der Waals surface area contributed by atoms with Crippen LogP contribution in [0.1, 0.15) is 78.1 Å². The SMILES string of the molecule is CC/C=C\C/C=C\C/C=C\C/C=C\C/C=C\C/C=C\CCC(=O)NC(CO)C(O)/C=C/CCC. The van der Waals surface area contributed by atoms with Gasteiger partial charge in [-0.05, 0) is 51.4 Å². The van der Waals surface area contributed by atoms with Gasteiger partial charge >= 0.3 is 0 Å². The predicted octanol–water partition coefficient (Wildman–Crippen LogP) is 6.66. The van der Waals surface area contributed by atoms with Crippen LogP contribution in [0.3, 0.4) is 0 Å². The maximum Gasteiger partial charge on any atom is 0.220 e. The van der Waals surface area contributed by atoms with E-state index in [4.69, 9.17) is 0 Å². The second-order valence-electron chi connectivity index (χ2n) is 8.02. The first-order chi connectivity index (χ1) is 16.7. The number of allylic oxidation sites excluding steroid dienone is 13. The fourth-order valence-electron chi connectivity index (χ4n) is 2.91. The largest absolute Gasteiger partial charge is 0.394 e. The standard InChI is InChI=1S/C30H47NO3/c1-3-5-7-8-9-10-11-12-13-14-15-16-17-18-19-20-21-22-24-26-30(34)31-28(27-32)29(33)25-23-6-4-2/h5,7,9-10,12-13,15-16,18-19,21-23,25,28-29,32-33H,3-4,6,8,11,14,17,20,24,26-27H2,1-2H3,(H,31,34)/b7-5-,10-9-,13-12-,16-15-,19-18-,22-21-,25-23+. The van der Waals surface area contributed by atoms with Gasteiger partial charge in [0.15, 0.2) is 0 Å². The van der Waals surface area contributed by atoms with Gasteiger partial charge in [0.05, 0.1) is 18.8 Å². The monoisotopic (exact) mass is 469 g/mol. The van der Waals surface area contributed by atoms with Crippen LogP contribution in [0.4, 0.5) is 0 Å². The van der Waals surface area contributed by atoms with E-state index < -0.39 is 12.1 Å². The number of aliphatic hydroxyl groups excluding tert-OH is 2. The minimum absolute atomic E-state index is 0.165. The number of nitrogens with one attached hydrogen (secondary N) is 1. The van der Waals surface area contributed by atoms with E-state index in [0.717, 1.165) is 51.4 Å². The molecule has 2 unspecified atom stereocenters. The van der Waals surface area contributed by atoms with Gasteiger partial charge in [-0.15, -0.1) is 0 Å². The molecule has 1 amide bonds. The highest BCUT2D eigenvalue weighted by molar-refractivity contribution is 5.76. The van der Waals surface area contributed by atoms with Crippen molar-refractivity contribution in [1.82, 2.24) is 5.32 Å². The second kappa shape index (κ2) is 25.2. The molecule has 0 aromatic rings. The Labute approximate surface area is 208 Å². The fourth-order valence-corrected chi connectivity index (χ4v) is 2.91. The number of rotatable bonds is 20. The van der Waals surface area contributed by atoms with E-state index in [1.54, 1.807) is 6.08 Å². The van der Waals surface area contributed by atoms with Gasteiger partial charge in [0.1, 0.15) is 0 Å². The molecule has 0 saturated carbocycles. The van der Waals surface area contributed by atoms with E-state index in [-0.39, 0.29) is 12.5 Å². The molecule has 0 aliphatic carbocycles. The zero-order valence-electron chi connectivity index (χ0n) is 21.3. The van der Waals surface area contributed by atoms with Crippen molar-refractivity contribution < 1.29 is 15.0 Å². The minimum atomic E-state index is -0.869. The Bertz CT molecular complexity index is 683. The second-order valence-corrected chi connectivity index (χ2v) is 8.02. The summed E-state index contributed by atoms with van der Waals surface area (Å²) in [5.41, 5.74) is 0. The first kappa shape index (κ1) is 31.6. The Morgan fingerprint density at radius 3 is 1.62 bits per heavy atom. The molecule has 0 aliphatic heterocycles. The van der Waals surface area contributed by atoms with Crippen molar-refractivity contribution in [3.63, 3.8) is 0 Å². The zero-order valence-corrected chi connectivity index (χ0v) is 21.3. The normalized spacial score (nSPS) is 14.8. The molecule has 0 bridgehead atoms. The highest BCUT2D eigenvalue weighted by Crippen LogP contribution is 2.01. The van der Waals surface area contributed by atoms with Crippen LogP contribution in [0.15, 0.2) is 85.1 Å². The summed E-state index contributed by atoms with van der Waals surface area (Å²) in [5, 5.41) is 22.1. The molecule has 0 aromatic carbocycles. The van der Waals surface area contributed by atoms with Crippen LogP contribution in [0, 0.1) is 0 Å². The van der Waals surface area contributed by atoms with E-state index in [1.165, 1.54) is 0 Å². The molecule has 34 heavy (non-hydrogen) atoms. The Balaban J connectivity index is 3.84. The quantitative estimate of drug-likeness (QED) is 0.175. The van der Waals surface area contributed by atoms with Crippen LogP contribution in [-0.4, -0.2) is 34.9 Å². The first-order valence-electron chi connectivity index (χ1n) is 12.8. The first-order valence-corrected chi connectivity index (χ1v) is 12.8. The third-order valence-electron chi connectivity index (χ3n) is 4.88. The van der Waals surface area contributed by atoms with Crippen LogP contribution in [-0.2, 0) is 4.79 Å². The highest BCUT2D eigenvalue weighted by Gasteiger charge is 2.17. The average Bonchev–Trinajstić information content (AvgIpc) is 2.84. The predicted molar refractivity (Wildman–Crippen MR) is 147 cm³/mol. The fraction of sp³-hybridized carbons (Fsp3) is 0.500. The number of hydrogen-bond acceptors (Lipinski definition) is 3. The maximum atomic E-state index is 12.0. The molecule has 0 rings (SSSR count). The Hall–Kier alpha value is -2.43. The lowest BCUT2D eigenvalue weighted by Gasteiger charge is -2.19. The molecule has 0 saturated heterocycles. The third-order valence-corrected chi connectivity index (χ3v) is 4.88. The van der Waals surface area contributed by atoms with Crippen molar-refractivity contribution in [2.45, 2.75) is 90.2 Å². The molecule has 0 aliphatic rings. The highest BCUT2D eigenvalue weighted by atomic mass is 16.3. The molecule has 0 spiro atoms. The lowest BCUT2D eigenvalue weighted by Crippen LogP contribution is -2.45. The summed E-state index contributed by atoms with van der Waals surface area (Å²) in [7, 11) is 0. The maximum absolute atomic E-state index is 12.0. The van der Waals surface area contributed by atoms with Crippen LogP contribution in [0.5, 0.6) is 0 Å². The number of carbonyl (C=O) groups excluding carboxylic acids is 1. The lowest BCUT2D eigenvalue weighted by molar-refractivity contribution is -0.122. The van der Waals surface area contributed by atoms with Crippen molar-refractivity contribution in [2.24, 2.45) is 0 Å². The van der Waals surface area contributed by atoms with Crippen molar-refractivity contribution >= 4 is 5.91 Å². The average molecular weight is 470 g/mol. The minimum Gasteiger partial charge on any atom is -0.394 e. The van der Waals surface area contributed by atoms with E-state index >= 15 is 0 Å². The molecular formula is C30H47NO3. The van der Waals surface area contributed by atoms with E-state index in [2.05, 4.69) is 79.9 Å². The number of unbranched alkanes of at least 4 members (excludes halogenated alkanes) is 1. The topological polar surface area (TPSA) is 69.6 Å². The Morgan fingerprint density at radius 2 is 1.18 bits per heavy atom. The van der Waals surface area contributed by atoms with Crippen LogP contribution in [0.2, 0.25) is 0 Å². The zero-order chi connectivity index (χ0) is 25.1. The molecule has 0 fully saturated rings. The van der Waals surface area contributed by atoms with E-state index in [1.807, 2.05) is 18.2 Å². The molecule has 2 atom stereocenters. The summed E-state index contributed by atoms with van der Waals surface area (Å²) in [6, 6.07) is -0.661. The van der Waals surface area contributed by atoms with Crippen molar-refractivity contribution in [3.05, 3.63) is 85.1 Å². The van der Waals surface area contributed by atoms with Gasteiger partial charge in [-0.1, -0.05) is 105 Å². The smallest absolute Gasteiger partial charge is 0.220 e. The van der Waals surface area contributed by atoms with E-state index in [9.17, 15) is 15.0 Å². The molecule has 190 valence electrons. The molecule has 0 radical (unpaired) electrons. The molecule has 0 aromatic heterocycles.